The number of nitrogens with zero attached hydrogens (tertiary/aromatic N) is 3. The Balaban J connectivity index is 0.00000193. The van der Waals surface area contributed by atoms with E-state index in [0.29, 0.717) is 6.42 Å². The average Bonchev–Trinajstić information content (AvgIpc) is 3.39. The van der Waals surface area contributed by atoms with Crippen molar-refractivity contribution >= 4 is 65.5 Å². The maximum atomic E-state index is 13.6. The topological polar surface area (TPSA) is 95.6 Å². The highest BCUT2D eigenvalue weighted by Gasteiger charge is 2.12. The lowest BCUT2D eigenvalue weighted by atomic mass is 10.3. The normalized spacial score (nSPS) is 10.2. The second kappa shape index (κ2) is 14.1. The van der Waals surface area contributed by atoms with Crippen LogP contribution in [0.5, 0.6) is 0 Å². The Morgan fingerprint density at radius 1 is 1.06 bits per heavy atom. The van der Waals surface area contributed by atoms with Crippen LogP contribution in [-0.4, -0.2) is 38.9 Å². The van der Waals surface area contributed by atoms with E-state index in [9.17, 15) is 13.6 Å². The van der Waals surface area contributed by atoms with Crippen molar-refractivity contribution in [1.82, 2.24) is 30.6 Å². The van der Waals surface area contributed by atoms with Gasteiger partial charge in [-0.25, -0.2) is 18.7 Å². The van der Waals surface area contributed by atoms with Crippen LogP contribution in [0.4, 0.5) is 8.78 Å². The fraction of sp³-hybridized carbons (Fsp3) is 0.238. The summed E-state index contributed by atoms with van der Waals surface area (Å²) in [5.41, 5.74) is 2.23. The summed E-state index contributed by atoms with van der Waals surface area (Å²) in [6.07, 6.45) is 2.38. The first kappa shape index (κ1) is 29.7. The molecule has 1 amide bonds. The van der Waals surface area contributed by atoms with Gasteiger partial charge in [0, 0.05) is 37.4 Å². The number of halogens is 5. The van der Waals surface area contributed by atoms with Crippen molar-refractivity contribution in [2.45, 2.75) is 19.4 Å². The van der Waals surface area contributed by atoms with E-state index in [0.717, 1.165) is 53.6 Å². The molecule has 0 aliphatic carbocycles. The van der Waals surface area contributed by atoms with Crippen molar-refractivity contribution in [3.8, 4) is 0 Å². The van der Waals surface area contributed by atoms with Gasteiger partial charge in [-0.15, -0.1) is 48.6 Å². The van der Waals surface area contributed by atoms with Crippen LogP contribution in [0.1, 0.15) is 27.0 Å². The van der Waals surface area contributed by atoms with Crippen LogP contribution in [0.3, 0.4) is 0 Å². The molecule has 34 heavy (non-hydrogen) atoms. The van der Waals surface area contributed by atoms with Gasteiger partial charge in [0.25, 0.3) is 5.91 Å². The number of carbonyl (C=O) groups is 1. The molecule has 0 spiro atoms. The maximum Gasteiger partial charge on any atom is 0.271 e. The summed E-state index contributed by atoms with van der Waals surface area (Å²) in [6.45, 7) is 1.36. The molecule has 4 aromatic rings. The number of hydrogen-bond donors (Lipinski definition) is 3. The second-order valence-corrected chi connectivity index (χ2v) is 7.78. The van der Waals surface area contributed by atoms with Crippen molar-refractivity contribution in [3.05, 3.63) is 75.8 Å². The summed E-state index contributed by atoms with van der Waals surface area (Å²) in [5.74, 6) is -1.05. The molecular weight excluding hydrogens is 529 g/mol. The van der Waals surface area contributed by atoms with E-state index in [1.165, 1.54) is 11.3 Å². The number of aromatic nitrogens is 4. The molecule has 0 bridgehead atoms. The van der Waals surface area contributed by atoms with Crippen molar-refractivity contribution in [1.29, 1.82) is 0 Å². The summed E-state index contributed by atoms with van der Waals surface area (Å²) in [4.78, 5) is 28.0. The number of hydrogen-bond acceptors (Lipinski definition) is 6. The summed E-state index contributed by atoms with van der Waals surface area (Å²) >= 11 is 1.39. The zero-order chi connectivity index (χ0) is 21.6. The molecule has 0 unspecified atom stereocenters. The van der Waals surface area contributed by atoms with Gasteiger partial charge in [0.2, 0.25) is 0 Å². The van der Waals surface area contributed by atoms with Crippen molar-refractivity contribution < 1.29 is 13.6 Å². The third-order valence-electron chi connectivity index (χ3n) is 4.58. The van der Waals surface area contributed by atoms with Crippen LogP contribution in [0.15, 0.2) is 41.9 Å². The Morgan fingerprint density at radius 2 is 1.82 bits per heavy atom. The van der Waals surface area contributed by atoms with Crippen LogP contribution < -0.4 is 10.6 Å². The van der Waals surface area contributed by atoms with Gasteiger partial charge in [-0.05, 0) is 12.1 Å². The highest BCUT2D eigenvalue weighted by atomic mass is 35.5. The molecule has 0 saturated carbocycles. The third kappa shape index (κ3) is 7.85. The molecule has 0 aliphatic rings. The second-order valence-electron chi connectivity index (χ2n) is 6.84. The number of amides is 1. The molecule has 0 saturated heterocycles. The molecule has 0 aliphatic heterocycles. The first-order valence-electron chi connectivity index (χ1n) is 9.75. The minimum atomic E-state index is -0.798. The minimum Gasteiger partial charge on any atom is -0.345 e. The van der Waals surface area contributed by atoms with E-state index < -0.39 is 17.5 Å². The molecule has 4 rings (SSSR count). The number of pyridine rings is 1. The van der Waals surface area contributed by atoms with Gasteiger partial charge in [-0.2, -0.15) is 0 Å². The molecule has 3 aromatic heterocycles. The highest BCUT2D eigenvalue weighted by molar-refractivity contribution is 7.09. The monoisotopic (exact) mass is 550 g/mol. The van der Waals surface area contributed by atoms with Gasteiger partial charge < -0.3 is 15.6 Å². The molecular formula is C21H23Cl3F2N6OS. The smallest absolute Gasteiger partial charge is 0.271 e. The van der Waals surface area contributed by atoms with Gasteiger partial charge in [0.15, 0.2) is 0 Å². The quantitative estimate of drug-likeness (QED) is 0.270. The molecule has 1 aromatic carbocycles. The first-order chi connectivity index (χ1) is 15.1. The lowest BCUT2D eigenvalue weighted by Crippen LogP contribution is -2.24. The predicted molar refractivity (Wildman–Crippen MR) is 136 cm³/mol. The number of H-pyrrole nitrogens is 1. The Bertz CT molecular complexity index is 1170. The SMILES string of the molecule is Cl.Cl.Cl.O=C(NCc1ncc(F)cc1F)c1csc(CCNCCc2nc3ccccc3[nH]2)n1. The van der Waals surface area contributed by atoms with Crippen LogP contribution in [0.25, 0.3) is 11.0 Å². The molecule has 0 atom stereocenters. The summed E-state index contributed by atoms with van der Waals surface area (Å²) in [7, 11) is 0. The van der Waals surface area contributed by atoms with Gasteiger partial charge in [-0.1, -0.05) is 12.1 Å². The number of nitrogens with one attached hydrogen (secondary N) is 3. The Labute approximate surface area is 217 Å². The van der Waals surface area contributed by atoms with E-state index in [1.54, 1.807) is 5.38 Å². The van der Waals surface area contributed by atoms with E-state index in [2.05, 4.69) is 30.6 Å². The number of aromatic amines is 1. The molecule has 3 heterocycles. The highest BCUT2D eigenvalue weighted by Crippen LogP contribution is 2.12. The minimum absolute atomic E-state index is 0. The molecule has 184 valence electrons. The lowest BCUT2D eigenvalue weighted by Gasteiger charge is -2.04. The fourth-order valence-electron chi connectivity index (χ4n) is 3.01. The third-order valence-corrected chi connectivity index (χ3v) is 5.49. The Kier molecular flexibility index (Phi) is 12.3. The standard InChI is InChI=1S/C21H20F2N6OS.3ClH/c22-13-9-14(23)17(25-10-13)11-26-21(30)18-12-31-20(29-18)6-8-24-7-5-19-27-15-3-1-2-4-16(15)28-19;;;/h1-4,9-10,12,24H,5-8,11H2,(H,26,30)(H,27,28);3*1H. The fourth-order valence-corrected chi connectivity index (χ4v) is 3.79. The number of para-hydroxylation sites is 2. The van der Waals surface area contributed by atoms with E-state index in [4.69, 9.17) is 0 Å². The zero-order valence-corrected chi connectivity index (χ0v) is 21.0. The number of imidazole rings is 1. The number of carbonyl (C=O) groups excluding carboxylic acids is 1. The van der Waals surface area contributed by atoms with Crippen molar-refractivity contribution in [2.75, 3.05) is 13.1 Å². The zero-order valence-electron chi connectivity index (χ0n) is 17.7. The first-order valence-corrected chi connectivity index (χ1v) is 10.6. The maximum absolute atomic E-state index is 13.6. The molecule has 0 fully saturated rings. The Hall–Kier alpha value is -2.37. The summed E-state index contributed by atoms with van der Waals surface area (Å²) in [6, 6.07) is 8.65. The summed E-state index contributed by atoms with van der Waals surface area (Å²) < 4.78 is 26.5. The molecule has 13 heteroatoms. The van der Waals surface area contributed by atoms with E-state index in [1.807, 2.05) is 24.3 Å². The van der Waals surface area contributed by atoms with Crippen molar-refractivity contribution in [2.24, 2.45) is 0 Å². The molecule has 3 N–H and O–H groups in total. The van der Waals surface area contributed by atoms with Crippen LogP contribution in [0, 0.1) is 11.6 Å². The largest absolute Gasteiger partial charge is 0.345 e. The van der Waals surface area contributed by atoms with E-state index in [-0.39, 0.29) is 55.2 Å². The van der Waals surface area contributed by atoms with Crippen LogP contribution in [-0.2, 0) is 19.4 Å². The van der Waals surface area contributed by atoms with Crippen LogP contribution in [0.2, 0.25) is 0 Å². The lowest BCUT2D eigenvalue weighted by molar-refractivity contribution is 0.0945. The van der Waals surface area contributed by atoms with Gasteiger partial charge in [-0.3, -0.25) is 9.78 Å². The van der Waals surface area contributed by atoms with Crippen LogP contribution >= 0.6 is 48.6 Å². The number of thiazole rings is 1. The van der Waals surface area contributed by atoms with Gasteiger partial charge in [0.05, 0.1) is 34.5 Å². The molecule has 0 radical (unpaired) electrons. The van der Waals surface area contributed by atoms with Gasteiger partial charge in [0.1, 0.15) is 23.2 Å². The number of rotatable bonds is 9. The van der Waals surface area contributed by atoms with Gasteiger partial charge >= 0.3 is 0 Å². The number of fused-ring (bicyclic) bond motifs is 1. The predicted octanol–water partition coefficient (Wildman–Crippen LogP) is 4.26. The van der Waals surface area contributed by atoms with Crippen molar-refractivity contribution in [3.63, 3.8) is 0 Å². The van der Waals surface area contributed by atoms with E-state index >= 15 is 0 Å². The average molecular weight is 552 g/mol. The number of benzene rings is 1. The Morgan fingerprint density at radius 3 is 2.59 bits per heavy atom. The summed E-state index contributed by atoms with van der Waals surface area (Å²) in [5, 5.41) is 8.38. The molecule has 7 nitrogen and oxygen atoms in total.